The summed E-state index contributed by atoms with van der Waals surface area (Å²) < 4.78 is 37.4. The van der Waals surface area contributed by atoms with E-state index in [1.807, 2.05) is 120 Å². The van der Waals surface area contributed by atoms with Crippen LogP contribution in [0.2, 0.25) is 0 Å². The van der Waals surface area contributed by atoms with Crippen LogP contribution in [-0.4, -0.2) is 162 Å². The van der Waals surface area contributed by atoms with E-state index < -0.39 is 29.5 Å². The van der Waals surface area contributed by atoms with E-state index in [1.165, 1.54) is 4.90 Å². The number of pyridine rings is 1. The molecule has 3 aromatic carbocycles. The number of aliphatic hydroxyl groups is 1. The quantitative estimate of drug-likeness (QED) is 0.0772. The summed E-state index contributed by atoms with van der Waals surface area (Å²) in [4.78, 5) is 66.5. The van der Waals surface area contributed by atoms with Gasteiger partial charge >= 0.3 is 12.1 Å². The third-order valence-electron chi connectivity index (χ3n) is 19.2. The number of fused-ring (bicyclic) bond motifs is 4. The zero-order valence-corrected chi connectivity index (χ0v) is 52.6. The number of aromatic hydroxyl groups is 1. The van der Waals surface area contributed by atoms with Gasteiger partial charge < -0.3 is 44.2 Å². The van der Waals surface area contributed by atoms with Crippen LogP contribution >= 0.6 is 0 Å². The number of carbonyl (C=O) groups is 3. The Morgan fingerprint density at radius 2 is 1.60 bits per heavy atom. The molecule has 3 amide bonds. The number of rotatable bonds is 17. The summed E-state index contributed by atoms with van der Waals surface area (Å²) in [6, 6.07) is 19.6. The molecule has 5 fully saturated rings. The van der Waals surface area contributed by atoms with Gasteiger partial charge in [0.15, 0.2) is 17.4 Å². The lowest BCUT2D eigenvalue weighted by molar-refractivity contribution is -0.141. The fourth-order valence-corrected chi connectivity index (χ4v) is 14.5. The minimum absolute atomic E-state index is 0.0116. The van der Waals surface area contributed by atoms with Crippen molar-refractivity contribution < 1.29 is 43.0 Å². The van der Waals surface area contributed by atoms with E-state index in [2.05, 4.69) is 30.3 Å². The summed E-state index contributed by atoms with van der Waals surface area (Å²) in [5, 5.41) is 35.6. The number of aliphatic hydroxyl groups excluding tert-OH is 1. The van der Waals surface area contributed by atoms with Gasteiger partial charge in [0.2, 0.25) is 11.8 Å². The Labute approximate surface area is 519 Å². The number of piperazine rings is 1. The second-order valence-electron chi connectivity index (χ2n) is 26.7. The number of anilines is 2. The number of aryl methyl sites for hydroxylation is 2. The molecule has 0 spiro atoms. The van der Waals surface area contributed by atoms with Gasteiger partial charge in [-0.3, -0.25) is 29.1 Å². The van der Waals surface area contributed by atoms with Crippen LogP contribution < -0.4 is 19.9 Å². The molecule has 0 aliphatic carbocycles. The topological polar surface area (TPSA) is 221 Å². The summed E-state index contributed by atoms with van der Waals surface area (Å²) in [5.41, 5.74) is 3.94. The zero-order valence-electron chi connectivity index (χ0n) is 52.6. The summed E-state index contributed by atoms with van der Waals surface area (Å²) in [7, 11) is 1.90. The Bertz CT molecular complexity index is 3690. The SMILES string of the molecule is CCc1cccc2cc(O)cc(-c3ncc4c(N5CC6CCC(C5)N6C(=O)OC(C)(C)C)nc(OCCN5CCC(CC6CCN(c7cc(C(C(=O)N8C[C@H](O)C[C@H]8C(=O)NC(C)c8ccc(-c9ccnn9C)cc8)C(C)C)on7)CC6)CC5)nc4c3F)c12. The maximum Gasteiger partial charge on any atom is 0.410 e. The van der Waals surface area contributed by atoms with E-state index >= 15 is 4.39 Å². The van der Waals surface area contributed by atoms with Crippen molar-refractivity contribution in [1.82, 2.24) is 49.9 Å². The standard InChI is InChI=1S/C68H85FN12O8/c1-9-44-11-10-12-47-32-50(82)33-52(59(44)47)61-60(69)62-53(36-70-61)63(79-37-48-17-18-49(38-79)81(48)67(86)88-68(5,6)7)74-66(73-62)87-30-29-77-25-20-42(21-26-77)31-43-22-27-78(28-23-43)57-35-56(89-75-57)58(40(2)3)65(85)80-39-51(83)34-55(80)64(84)72-41(4)45-13-15-46(16-14-45)54-19-24-71-76(54)8/h10-16,19,24,32-33,35-36,40-43,48-49,51,55,58,82-83H,9,17-18,20-23,25-31,34,37-39H2,1-8H3,(H,72,84)/t41?,48?,49?,51-,55+,58?/m1/s1. The van der Waals surface area contributed by atoms with Crippen molar-refractivity contribution in [1.29, 1.82) is 0 Å². The number of halogens is 1. The molecule has 12 rings (SSSR count). The van der Waals surface area contributed by atoms with Crippen molar-refractivity contribution in [3.63, 3.8) is 0 Å². The zero-order chi connectivity index (χ0) is 62.4. The van der Waals surface area contributed by atoms with Gasteiger partial charge in [0, 0.05) is 76.8 Å². The highest BCUT2D eigenvalue weighted by molar-refractivity contribution is 6.02. The number of amides is 3. The minimum atomic E-state index is -0.829. The molecule has 3 N–H and O–H groups in total. The van der Waals surface area contributed by atoms with Gasteiger partial charge in [0.05, 0.1) is 35.3 Å². The molecule has 5 saturated heterocycles. The monoisotopic (exact) mass is 1220 g/mol. The van der Waals surface area contributed by atoms with Gasteiger partial charge in [-0.15, -0.1) is 0 Å². The van der Waals surface area contributed by atoms with Gasteiger partial charge in [0.1, 0.15) is 46.9 Å². The number of β-amino-alcohol motifs (C(OH)–C–C–N with tert-alkyl or cyclic N) is 1. The van der Waals surface area contributed by atoms with Crippen LogP contribution in [0.1, 0.15) is 129 Å². The highest BCUT2D eigenvalue weighted by Crippen LogP contribution is 2.42. The second-order valence-corrected chi connectivity index (χ2v) is 26.7. The third-order valence-corrected chi connectivity index (χ3v) is 19.2. The van der Waals surface area contributed by atoms with E-state index in [0.717, 1.165) is 104 Å². The lowest BCUT2D eigenvalue weighted by Gasteiger charge is -2.42. The number of piperidine rings is 2. The van der Waals surface area contributed by atoms with E-state index in [4.69, 9.17) is 28.9 Å². The van der Waals surface area contributed by atoms with Crippen molar-refractivity contribution >= 4 is 51.2 Å². The van der Waals surface area contributed by atoms with Crippen LogP contribution in [0, 0.1) is 23.6 Å². The average Bonchev–Trinajstić information content (AvgIpc) is 1.65. The molecule has 0 radical (unpaired) electrons. The molecule has 5 aliphatic rings. The number of benzene rings is 3. The molecular weight excluding hydrogens is 1130 g/mol. The first-order chi connectivity index (χ1) is 42.8. The molecular formula is C68H85FN12O8. The van der Waals surface area contributed by atoms with Gasteiger partial charge in [-0.05, 0) is 156 Å². The first-order valence-electron chi connectivity index (χ1n) is 32.1. The van der Waals surface area contributed by atoms with Crippen LogP contribution in [0.5, 0.6) is 11.8 Å². The summed E-state index contributed by atoms with van der Waals surface area (Å²) in [6.07, 6.45) is 10.1. The number of ether oxygens (including phenoxy) is 2. The molecule has 4 unspecified atom stereocenters. The molecule has 4 aromatic heterocycles. The highest BCUT2D eigenvalue weighted by atomic mass is 19.1. The van der Waals surface area contributed by atoms with Crippen molar-refractivity contribution in [3.05, 3.63) is 102 Å². The Balaban J connectivity index is 0.650. The first-order valence-corrected chi connectivity index (χ1v) is 32.1. The largest absolute Gasteiger partial charge is 0.508 e. The van der Waals surface area contributed by atoms with Crippen LogP contribution in [0.4, 0.5) is 20.8 Å². The number of aromatic nitrogens is 6. The highest BCUT2D eigenvalue weighted by Gasteiger charge is 2.46. The first kappa shape index (κ1) is 61.3. The molecule has 21 heteroatoms. The van der Waals surface area contributed by atoms with Crippen LogP contribution in [-0.2, 0) is 27.8 Å². The molecule has 472 valence electrons. The van der Waals surface area contributed by atoms with Gasteiger partial charge in [-0.25, -0.2) is 9.18 Å². The number of nitrogens with zero attached hydrogens (tertiary/aromatic N) is 11. The molecule has 9 heterocycles. The summed E-state index contributed by atoms with van der Waals surface area (Å²) >= 11 is 0. The maximum absolute atomic E-state index is 17.4. The molecule has 20 nitrogen and oxygen atoms in total. The number of phenolic OH excluding ortho intramolecular Hbond substituents is 1. The number of phenols is 1. The van der Waals surface area contributed by atoms with Crippen LogP contribution in [0.3, 0.4) is 0 Å². The number of likely N-dealkylation sites (tertiary alicyclic amines) is 2. The van der Waals surface area contributed by atoms with E-state index in [0.29, 0.717) is 72.8 Å². The molecule has 5 aliphatic heterocycles. The van der Waals surface area contributed by atoms with E-state index in [-0.39, 0.29) is 77.9 Å². The van der Waals surface area contributed by atoms with Crippen molar-refractivity contribution in [3.8, 4) is 34.3 Å². The maximum atomic E-state index is 17.4. The van der Waals surface area contributed by atoms with E-state index in [9.17, 15) is 24.6 Å². The van der Waals surface area contributed by atoms with Crippen LogP contribution in [0.15, 0.2) is 83.6 Å². The Hall–Kier alpha value is -7.91. The molecule has 0 saturated carbocycles. The third kappa shape index (κ3) is 13.0. The predicted octanol–water partition coefficient (Wildman–Crippen LogP) is 10.2. The second kappa shape index (κ2) is 25.5. The molecule has 7 aromatic rings. The van der Waals surface area contributed by atoms with Crippen molar-refractivity contribution in [2.45, 2.75) is 148 Å². The van der Waals surface area contributed by atoms with Crippen molar-refractivity contribution in [2.75, 3.05) is 68.8 Å². The summed E-state index contributed by atoms with van der Waals surface area (Å²) in [5.74, 6) is 0.823. The average molecular weight is 1220 g/mol. The number of carbonyl (C=O) groups excluding carboxylic acids is 3. The summed E-state index contributed by atoms with van der Waals surface area (Å²) in [6.45, 7) is 19.0. The van der Waals surface area contributed by atoms with Gasteiger partial charge in [0.25, 0.3) is 0 Å². The number of hydrogen-bond acceptors (Lipinski definition) is 16. The predicted molar refractivity (Wildman–Crippen MR) is 338 cm³/mol. The smallest absolute Gasteiger partial charge is 0.410 e. The fraction of sp³-hybridized carbons (Fsp3) is 0.529. The normalized spacial score (nSPS) is 21.1. The molecule has 6 atom stereocenters. The Kier molecular flexibility index (Phi) is 17.6. The minimum Gasteiger partial charge on any atom is -0.508 e. The Morgan fingerprint density at radius 1 is 0.876 bits per heavy atom. The fourth-order valence-electron chi connectivity index (χ4n) is 14.5. The van der Waals surface area contributed by atoms with Gasteiger partial charge in [-0.2, -0.15) is 15.1 Å². The van der Waals surface area contributed by atoms with Gasteiger partial charge in [-0.1, -0.05) is 68.4 Å². The Morgan fingerprint density at radius 3 is 2.27 bits per heavy atom. The lowest BCUT2D eigenvalue weighted by atomic mass is 9.83. The molecule has 2 bridgehead atoms. The van der Waals surface area contributed by atoms with E-state index in [1.54, 1.807) is 24.5 Å². The number of hydrogen-bond donors (Lipinski definition) is 3. The lowest BCUT2D eigenvalue weighted by Crippen LogP contribution is -2.57. The number of nitrogens with one attached hydrogen (secondary N) is 1. The molecule has 89 heavy (non-hydrogen) atoms. The van der Waals surface area contributed by atoms with Crippen molar-refractivity contribution in [2.24, 2.45) is 24.8 Å². The van der Waals surface area contributed by atoms with Crippen LogP contribution in [0.25, 0.3) is 44.2 Å².